The van der Waals surface area contributed by atoms with E-state index in [2.05, 4.69) is 17.1 Å². The van der Waals surface area contributed by atoms with Gasteiger partial charge in [-0.15, -0.1) is 0 Å². The standard InChI is InChI=1S/C20H19Cl2N3O5/c1-3-6-29-16-5-4-13(9-17(16)28-2)20(27)25-24-10-12-7-14(21)19(15(22)8-12)30-11-18(23)26/h3-5,7-10H,1,6,11H2,2H3,(H2,23,26)(H,25,27)/b24-10+. The first-order valence-electron chi connectivity index (χ1n) is 8.51. The molecule has 0 saturated heterocycles. The number of amides is 2. The van der Waals surface area contributed by atoms with Gasteiger partial charge in [0.2, 0.25) is 0 Å². The lowest BCUT2D eigenvalue weighted by Gasteiger charge is -2.10. The number of carbonyl (C=O) groups is 2. The van der Waals surface area contributed by atoms with Crippen LogP contribution in [0.25, 0.3) is 0 Å². The number of rotatable bonds is 10. The second kappa shape index (κ2) is 11.1. The number of nitrogens with zero attached hydrogens (tertiary/aromatic N) is 1. The molecule has 2 aromatic carbocycles. The summed E-state index contributed by atoms with van der Waals surface area (Å²) in [5, 5.41) is 4.22. The Morgan fingerprint density at radius 3 is 2.47 bits per heavy atom. The summed E-state index contributed by atoms with van der Waals surface area (Å²) in [5.74, 6) is -0.103. The summed E-state index contributed by atoms with van der Waals surface area (Å²) in [6, 6.07) is 7.74. The molecule has 0 fully saturated rings. The topological polar surface area (TPSA) is 112 Å². The first-order valence-corrected chi connectivity index (χ1v) is 9.26. The molecule has 0 atom stereocenters. The van der Waals surface area contributed by atoms with Crippen LogP contribution >= 0.6 is 23.2 Å². The van der Waals surface area contributed by atoms with Crippen molar-refractivity contribution in [3.05, 3.63) is 64.2 Å². The molecule has 0 aromatic heterocycles. The fraction of sp³-hybridized carbons (Fsp3) is 0.150. The van der Waals surface area contributed by atoms with Crippen molar-refractivity contribution in [3.8, 4) is 17.2 Å². The van der Waals surface area contributed by atoms with E-state index in [1.54, 1.807) is 18.2 Å². The van der Waals surface area contributed by atoms with Gasteiger partial charge >= 0.3 is 0 Å². The largest absolute Gasteiger partial charge is 0.493 e. The zero-order chi connectivity index (χ0) is 22.1. The molecule has 0 radical (unpaired) electrons. The third kappa shape index (κ3) is 6.40. The van der Waals surface area contributed by atoms with Crippen molar-refractivity contribution in [1.29, 1.82) is 0 Å². The van der Waals surface area contributed by atoms with Crippen molar-refractivity contribution in [2.45, 2.75) is 0 Å². The quantitative estimate of drug-likeness (QED) is 0.327. The van der Waals surface area contributed by atoms with Crippen LogP contribution in [-0.4, -0.2) is 38.4 Å². The Morgan fingerprint density at radius 1 is 1.17 bits per heavy atom. The van der Waals surface area contributed by atoms with Crippen molar-refractivity contribution in [2.75, 3.05) is 20.3 Å². The Labute approximate surface area is 183 Å². The van der Waals surface area contributed by atoms with E-state index < -0.39 is 11.8 Å². The Morgan fingerprint density at radius 2 is 1.87 bits per heavy atom. The number of nitrogens with two attached hydrogens (primary N) is 1. The van der Waals surface area contributed by atoms with E-state index in [1.807, 2.05) is 0 Å². The Kier molecular flexibility index (Phi) is 8.52. The van der Waals surface area contributed by atoms with E-state index >= 15 is 0 Å². The molecule has 2 rings (SSSR count). The number of nitrogens with one attached hydrogen (secondary N) is 1. The van der Waals surface area contributed by atoms with Crippen LogP contribution < -0.4 is 25.4 Å². The van der Waals surface area contributed by atoms with E-state index in [0.717, 1.165) is 0 Å². The number of ether oxygens (including phenoxy) is 3. The Hall–Kier alpha value is -3.23. The van der Waals surface area contributed by atoms with Gasteiger partial charge in [-0.05, 0) is 35.9 Å². The summed E-state index contributed by atoms with van der Waals surface area (Å²) in [6.07, 6.45) is 2.95. The lowest BCUT2D eigenvalue weighted by atomic mass is 10.2. The smallest absolute Gasteiger partial charge is 0.271 e. The van der Waals surface area contributed by atoms with Crippen LogP contribution in [0.15, 0.2) is 48.1 Å². The van der Waals surface area contributed by atoms with Gasteiger partial charge < -0.3 is 19.9 Å². The summed E-state index contributed by atoms with van der Waals surface area (Å²) in [5.41, 5.74) is 8.25. The number of hydrogen-bond donors (Lipinski definition) is 2. The van der Waals surface area contributed by atoms with E-state index in [-0.39, 0.29) is 22.4 Å². The second-order valence-corrected chi connectivity index (χ2v) is 6.55. The zero-order valence-electron chi connectivity index (χ0n) is 16.0. The maximum absolute atomic E-state index is 12.3. The van der Waals surface area contributed by atoms with Crippen molar-refractivity contribution in [1.82, 2.24) is 5.43 Å². The highest BCUT2D eigenvalue weighted by atomic mass is 35.5. The minimum absolute atomic E-state index is 0.129. The number of halogens is 2. The number of carbonyl (C=O) groups excluding carboxylic acids is 2. The normalized spacial score (nSPS) is 10.5. The maximum atomic E-state index is 12.3. The predicted molar refractivity (Wildman–Crippen MR) is 115 cm³/mol. The molecule has 158 valence electrons. The van der Waals surface area contributed by atoms with Crippen LogP contribution in [0.4, 0.5) is 0 Å². The number of primary amides is 1. The average molecular weight is 452 g/mol. The molecule has 30 heavy (non-hydrogen) atoms. The van der Waals surface area contributed by atoms with Gasteiger partial charge in [0.1, 0.15) is 6.61 Å². The van der Waals surface area contributed by atoms with E-state index in [1.165, 1.54) is 31.5 Å². The monoisotopic (exact) mass is 451 g/mol. The third-order valence-corrected chi connectivity index (χ3v) is 4.10. The van der Waals surface area contributed by atoms with E-state index in [9.17, 15) is 9.59 Å². The summed E-state index contributed by atoms with van der Waals surface area (Å²) in [4.78, 5) is 23.1. The maximum Gasteiger partial charge on any atom is 0.271 e. The molecule has 0 unspecified atom stereocenters. The number of hydrazone groups is 1. The van der Waals surface area contributed by atoms with Crippen LogP contribution in [0, 0.1) is 0 Å². The molecule has 0 spiro atoms. The van der Waals surface area contributed by atoms with Crippen LogP contribution in [0.2, 0.25) is 10.0 Å². The highest BCUT2D eigenvalue weighted by Gasteiger charge is 2.12. The van der Waals surface area contributed by atoms with E-state index in [0.29, 0.717) is 29.2 Å². The SMILES string of the molecule is C=CCOc1ccc(C(=O)N/N=C/c2cc(Cl)c(OCC(N)=O)c(Cl)c2)cc1OC. The number of hydrogen-bond acceptors (Lipinski definition) is 6. The molecule has 0 bridgehead atoms. The second-order valence-electron chi connectivity index (χ2n) is 5.73. The molecule has 2 aromatic rings. The van der Waals surface area contributed by atoms with Crippen molar-refractivity contribution >= 4 is 41.2 Å². The van der Waals surface area contributed by atoms with Gasteiger partial charge in [-0.2, -0.15) is 5.10 Å². The first-order chi connectivity index (χ1) is 14.3. The van der Waals surface area contributed by atoms with Gasteiger partial charge in [0.15, 0.2) is 23.9 Å². The summed E-state index contributed by atoms with van der Waals surface area (Å²) >= 11 is 12.2. The molecule has 0 heterocycles. The molecule has 10 heteroatoms. The van der Waals surface area contributed by atoms with Crippen LogP contribution in [0.5, 0.6) is 17.2 Å². The Bertz CT molecular complexity index is 956. The molecular formula is C20H19Cl2N3O5. The fourth-order valence-electron chi connectivity index (χ4n) is 2.24. The van der Waals surface area contributed by atoms with Gasteiger partial charge in [0.05, 0.1) is 23.4 Å². The van der Waals surface area contributed by atoms with Crippen LogP contribution in [0.1, 0.15) is 15.9 Å². The fourth-order valence-corrected chi connectivity index (χ4v) is 2.86. The summed E-state index contributed by atoms with van der Waals surface area (Å²) < 4.78 is 15.8. The minimum atomic E-state index is -0.660. The lowest BCUT2D eigenvalue weighted by molar-refractivity contribution is -0.119. The van der Waals surface area contributed by atoms with Gasteiger partial charge in [-0.25, -0.2) is 5.43 Å². The molecule has 0 saturated carbocycles. The molecular weight excluding hydrogens is 433 g/mol. The minimum Gasteiger partial charge on any atom is -0.493 e. The number of methoxy groups -OCH3 is 1. The average Bonchev–Trinajstić information content (AvgIpc) is 2.71. The molecule has 2 amide bonds. The third-order valence-electron chi connectivity index (χ3n) is 3.54. The molecule has 0 aliphatic rings. The van der Waals surface area contributed by atoms with Gasteiger partial charge in [0.25, 0.3) is 11.8 Å². The molecule has 0 aliphatic carbocycles. The molecule has 3 N–H and O–H groups in total. The predicted octanol–water partition coefficient (Wildman–Crippen LogP) is 3.19. The van der Waals surface area contributed by atoms with Gasteiger partial charge in [-0.1, -0.05) is 35.9 Å². The van der Waals surface area contributed by atoms with Crippen LogP contribution in [0.3, 0.4) is 0 Å². The van der Waals surface area contributed by atoms with Gasteiger partial charge in [-0.3, -0.25) is 9.59 Å². The van der Waals surface area contributed by atoms with Crippen molar-refractivity contribution in [3.63, 3.8) is 0 Å². The first kappa shape index (κ1) is 23.1. The number of benzene rings is 2. The molecule has 0 aliphatic heterocycles. The molecule has 8 nitrogen and oxygen atoms in total. The highest BCUT2D eigenvalue weighted by Crippen LogP contribution is 2.33. The Balaban J connectivity index is 2.07. The van der Waals surface area contributed by atoms with Crippen LogP contribution in [-0.2, 0) is 4.79 Å². The lowest BCUT2D eigenvalue weighted by Crippen LogP contribution is -2.20. The van der Waals surface area contributed by atoms with Crippen molar-refractivity contribution < 1.29 is 23.8 Å². The summed E-state index contributed by atoms with van der Waals surface area (Å²) in [6.45, 7) is 3.53. The van der Waals surface area contributed by atoms with Crippen molar-refractivity contribution in [2.24, 2.45) is 10.8 Å². The van der Waals surface area contributed by atoms with E-state index in [4.69, 9.17) is 43.1 Å². The van der Waals surface area contributed by atoms with Gasteiger partial charge in [0, 0.05) is 5.56 Å². The zero-order valence-corrected chi connectivity index (χ0v) is 17.5. The summed E-state index contributed by atoms with van der Waals surface area (Å²) in [7, 11) is 1.47. The highest BCUT2D eigenvalue weighted by molar-refractivity contribution is 6.37.